The van der Waals surface area contributed by atoms with Crippen molar-refractivity contribution in [3.63, 3.8) is 0 Å². The average Bonchev–Trinajstić information content (AvgIpc) is 2.76. The number of benzene rings is 1. The van der Waals surface area contributed by atoms with E-state index in [0.29, 0.717) is 17.7 Å². The molecular formula is C12H14N2O5. The minimum atomic E-state index is -0.547. The molecule has 1 aliphatic rings. The van der Waals surface area contributed by atoms with Gasteiger partial charge in [-0.2, -0.15) is 0 Å². The second-order valence-electron chi connectivity index (χ2n) is 4.18. The molecule has 0 radical (unpaired) electrons. The van der Waals surface area contributed by atoms with Crippen molar-refractivity contribution in [2.75, 3.05) is 18.1 Å². The second-order valence-corrected chi connectivity index (χ2v) is 4.18. The molecule has 7 heteroatoms. The Morgan fingerprint density at radius 3 is 2.95 bits per heavy atom. The van der Waals surface area contributed by atoms with Crippen LogP contribution in [-0.4, -0.2) is 35.4 Å². The van der Waals surface area contributed by atoms with Gasteiger partial charge in [-0.05, 0) is 25.0 Å². The number of carbonyl (C=O) groups is 1. The second kappa shape index (κ2) is 5.23. The van der Waals surface area contributed by atoms with Gasteiger partial charge in [0, 0.05) is 12.1 Å². The number of ether oxygens (including phenoxy) is 1. The largest absolute Gasteiger partial charge is 0.449 e. The summed E-state index contributed by atoms with van der Waals surface area (Å²) in [7, 11) is 0. The molecule has 1 amide bonds. The van der Waals surface area contributed by atoms with Gasteiger partial charge >= 0.3 is 6.09 Å². The van der Waals surface area contributed by atoms with E-state index in [-0.39, 0.29) is 18.9 Å². The molecule has 0 saturated heterocycles. The van der Waals surface area contributed by atoms with Crippen LogP contribution in [-0.2, 0) is 11.2 Å². The van der Waals surface area contributed by atoms with E-state index >= 15 is 0 Å². The number of nitrogens with zero attached hydrogens (tertiary/aromatic N) is 2. The topological polar surface area (TPSA) is 92.9 Å². The van der Waals surface area contributed by atoms with Gasteiger partial charge in [-0.1, -0.05) is 0 Å². The monoisotopic (exact) mass is 266 g/mol. The highest BCUT2D eigenvalue weighted by atomic mass is 16.6. The minimum absolute atomic E-state index is 0.0267. The number of amides is 1. The van der Waals surface area contributed by atoms with Crippen LogP contribution in [0, 0.1) is 10.1 Å². The number of aliphatic hydroxyl groups is 1. The summed E-state index contributed by atoms with van der Waals surface area (Å²) in [6.45, 7) is 1.70. The molecular weight excluding hydrogens is 252 g/mol. The first-order valence-electron chi connectivity index (χ1n) is 5.92. The summed E-state index contributed by atoms with van der Waals surface area (Å²) >= 11 is 0. The molecule has 1 atom stereocenters. The van der Waals surface area contributed by atoms with Crippen LogP contribution in [0.25, 0.3) is 0 Å². The number of anilines is 1. The third-order valence-corrected chi connectivity index (χ3v) is 3.03. The summed E-state index contributed by atoms with van der Waals surface area (Å²) in [5.41, 5.74) is 1.20. The number of hydrogen-bond donors (Lipinski definition) is 1. The fraction of sp³-hybridized carbons (Fsp3) is 0.417. The Hall–Kier alpha value is -2.15. The number of nitro groups is 1. The minimum Gasteiger partial charge on any atom is -0.449 e. The number of carbonyl (C=O) groups excluding carboxylic acids is 1. The molecule has 0 aromatic heterocycles. The van der Waals surface area contributed by atoms with Crippen molar-refractivity contribution in [3.8, 4) is 0 Å². The molecule has 0 aliphatic carbocycles. The molecule has 0 saturated carbocycles. The molecule has 1 heterocycles. The standard InChI is InChI=1S/C12H14N2O5/c1-2-19-12(16)13-10(7-15)6-8-5-9(14(17)18)3-4-11(8)13/h3-5,10,15H,2,6-7H2,1H3. The number of hydrogen-bond acceptors (Lipinski definition) is 5. The molecule has 1 aromatic carbocycles. The predicted octanol–water partition coefficient (Wildman–Crippen LogP) is 1.47. The Balaban J connectivity index is 2.37. The first-order chi connectivity index (χ1) is 9.08. The van der Waals surface area contributed by atoms with Crippen LogP contribution in [0.15, 0.2) is 18.2 Å². The highest BCUT2D eigenvalue weighted by molar-refractivity contribution is 5.91. The van der Waals surface area contributed by atoms with E-state index in [9.17, 15) is 20.0 Å². The predicted molar refractivity (Wildman–Crippen MR) is 67.2 cm³/mol. The van der Waals surface area contributed by atoms with Crippen molar-refractivity contribution >= 4 is 17.5 Å². The zero-order valence-electron chi connectivity index (χ0n) is 10.4. The number of nitro benzene ring substituents is 1. The van der Waals surface area contributed by atoms with Gasteiger partial charge in [0.2, 0.25) is 0 Å². The maximum Gasteiger partial charge on any atom is 0.414 e. The molecule has 2 rings (SSSR count). The van der Waals surface area contributed by atoms with Gasteiger partial charge in [-0.15, -0.1) is 0 Å². The van der Waals surface area contributed by atoms with Gasteiger partial charge in [-0.25, -0.2) is 4.79 Å². The normalized spacial score (nSPS) is 17.2. The van der Waals surface area contributed by atoms with Crippen LogP contribution < -0.4 is 4.90 Å². The molecule has 1 aliphatic heterocycles. The Bertz CT molecular complexity index is 517. The average molecular weight is 266 g/mol. The fourth-order valence-electron chi connectivity index (χ4n) is 2.21. The van der Waals surface area contributed by atoms with E-state index in [4.69, 9.17) is 4.74 Å². The molecule has 0 spiro atoms. The van der Waals surface area contributed by atoms with Crippen molar-refractivity contribution < 1.29 is 19.6 Å². The molecule has 1 aromatic rings. The third kappa shape index (κ3) is 2.37. The van der Waals surface area contributed by atoms with E-state index in [1.165, 1.54) is 23.1 Å². The first kappa shape index (κ1) is 13.3. The SMILES string of the molecule is CCOC(=O)N1c2ccc([N+](=O)[O-])cc2CC1CO. The lowest BCUT2D eigenvalue weighted by Crippen LogP contribution is -2.40. The summed E-state index contributed by atoms with van der Waals surface area (Å²) in [4.78, 5) is 23.4. The van der Waals surface area contributed by atoms with Crippen molar-refractivity contribution in [2.45, 2.75) is 19.4 Å². The zero-order valence-corrected chi connectivity index (χ0v) is 10.4. The molecule has 19 heavy (non-hydrogen) atoms. The number of fused-ring (bicyclic) bond motifs is 1. The first-order valence-corrected chi connectivity index (χ1v) is 5.92. The van der Waals surface area contributed by atoms with Gasteiger partial charge in [-0.3, -0.25) is 15.0 Å². The van der Waals surface area contributed by atoms with Gasteiger partial charge in [0.15, 0.2) is 0 Å². The van der Waals surface area contributed by atoms with Crippen LogP contribution >= 0.6 is 0 Å². The highest BCUT2D eigenvalue weighted by Crippen LogP contribution is 2.35. The van der Waals surface area contributed by atoms with E-state index < -0.39 is 17.1 Å². The Kier molecular flexibility index (Phi) is 3.66. The number of aliphatic hydroxyl groups excluding tert-OH is 1. The van der Waals surface area contributed by atoms with Crippen molar-refractivity contribution in [3.05, 3.63) is 33.9 Å². The van der Waals surface area contributed by atoms with E-state index in [1.54, 1.807) is 6.92 Å². The van der Waals surface area contributed by atoms with Gasteiger partial charge in [0.1, 0.15) is 0 Å². The van der Waals surface area contributed by atoms with Gasteiger partial charge in [0.05, 0.1) is 29.9 Å². The van der Waals surface area contributed by atoms with E-state index in [1.807, 2.05) is 0 Å². The van der Waals surface area contributed by atoms with Gasteiger partial charge < -0.3 is 9.84 Å². The molecule has 7 nitrogen and oxygen atoms in total. The Morgan fingerprint density at radius 1 is 1.63 bits per heavy atom. The van der Waals surface area contributed by atoms with E-state index in [0.717, 1.165) is 0 Å². The van der Waals surface area contributed by atoms with Crippen LogP contribution in [0.5, 0.6) is 0 Å². The molecule has 1 unspecified atom stereocenters. The smallest absolute Gasteiger partial charge is 0.414 e. The van der Waals surface area contributed by atoms with Crippen LogP contribution in [0.4, 0.5) is 16.2 Å². The molecule has 1 N–H and O–H groups in total. The lowest BCUT2D eigenvalue weighted by Gasteiger charge is -2.22. The van der Waals surface area contributed by atoms with Crippen molar-refractivity contribution in [1.82, 2.24) is 0 Å². The number of non-ortho nitro benzene ring substituents is 1. The van der Waals surface area contributed by atoms with Gasteiger partial charge in [0.25, 0.3) is 5.69 Å². The van der Waals surface area contributed by atoms with Crippen LogP contribution in [0.3, 0.4) is 0 Å². The summed E-state index contributed by atoms with van der Waals surface area (Å²) in [6.07, 6.45) is -0.166. The maximum absolute atomic E-state index is 11.9. The van der Waals surface area contributed by atoms with Crippen LogP contribution in [0.1, 0.15) is 12.5 Å². The quantitative estimate of drug-likeness (QED) is 0.660. The molecule has 102 valence electrons. The van der Waals surface area contributed by atoms with Crippen molar-refractivity contribution in [1.29, 1.82) is 0 Å². The molecule has 0 bridgehead atoms. The Labute approximate surface area is 109 Å². The number of rotatable bonds is 3. The lowest BCUT2D eigenvalue weighted by atomic mass is 10.1. The summed E-state index contributed by atoms with van der Waals surface area (Å²) in [5, 5.41) is 20.0. The summed E-state index contributed by atoms with van der Waals surface area (Å²) in [5.74, 6) is 0. The molecule has 0 fully saturated rings. The summed E-state index contributed by atoms with van der Waals surface area (Å²) < 4.78 is 4.93. The third-order valence-electron chi connectivity index (χ3n) is 3.03. The fourth-order valence-corrected chi connectivity index (χ4v) is 2.21. The zero-order chi connectivity index (χ0) is 14.0. The van der Waals surface area contributed by atoms with Crippen LogP contribution in [0.2, 0.25) is 0 Å². The Morgan fingerprint density at radius 2 is 2.37 bits per heavy atom. The van der Waals surface area contributed by atoms with Crippen molar-refractivity contribution in [2.24, 2.45) is 0 Å². The lowest BCUT2D eigenvalue weighted by molar-refractivity contribution is -0.384. The highest BCUT2D eigenvalue weighted by Gasteiger charge is 2.35. The maximum atomic E-state index is 11.9. The van der Waals surface area contributed by atoms with E-state index in [2.05, 4.69) is 0 Å². The summed E-state index contributed by atoms with van der Waals surface area (Å²) in [6, 6.07) is 3.85.